The molecule has 0 amide bonds. The zero-order chi connectivity index (χ0) is 17.1. The molecule has 24 heavy (non-hydrogen) atoms. The van der Waals surface area contributed by atoms with Crippen LogP contribution < -0.4 is 4.90 Å². The van der Waals surface area contributed by atoms with Crippen LogP contribution in [0.15, 0.2) is 24.5 Å². The molecule has 0 N–H and O–H groups in total. The Morgan fingerprint density at radius 1 is 1.33 bits per heavy atom. The summed E-state index contributed by atoms with van der Waals surface area (Å²) in [6.07, 6.45) is 5.31. The van der Waals surface area contributed by atoms with Crippen LogP contribution >= 0.6 is 0 Å². The third-order valence-electron chi connectivity index (χ3n) is 4.54. The quantitative estimate of drug-likeness (QED) is 0.808. The minimum atomic E-state index is -0.143. The Balaban J connectivity index is 1.95. The van der Waals surface area contributed by atoms with Gasteiger partial charge in [0.25, 0.3) is 0 Å². The van der Waals surface area contributed by atoms with Gasteiger partial charge in [0.15, 0.2) is 5.82 Å². The zero-order valence-electron chi connectivity index (χ0n) is 14.3. The molecule has 1 aliphatic rings. The second kappa shape index (κ2) is 6.95. The summed E-state index contributed by atoms with van der Waals surface area (Å²) in [5, 5.41) is 0. The number of carbonyl (C=O) groups excluding carboxylic acids is 1. The number of esters is 1. The van der Waals surface area contributed by atoms with E-state index in [-0.39, 0.29) is 11.9 Å². The molecule has 2 aromatic heterocycles. The minimum absolute atomic E-state index is 0.0970. The van der Waals surface area contributed by atoms with Crippen LogP contribution in [-0.2, 0) is 9.53 Å². The normalized spacial score (nSPS) is 17.6. The first-order valence-corrected chi connectivity index (χ1v) is 8.18. The highest BCUT2D eigenvalue weighted by atomic mass is 16.5. The number of aryl methyl sites for hydroxylation is 1. The Hall–Kier alpha value is -2.50. The maximum atomic E-state index is 11.9. The number of pyridine rings is 1. The van der Waals surface area contributed by atoms with Gasteiger partial charge in [-0.25, -0.2) is 9.97 Å². The van der Waals surface area contributed by atoms with Crippen molar-refractivity contribution in [2.75, 3.05) is 25.1 Å². The van der Waals surface area contributed by atoms with Crippen LogP contribution in [0.25, 0.3) is 11.4 Å². The SMILES string of the molecule is COC(=O)[C@@H]1CCCN(c2nc(-c3cccnc3)nc(C)c2C)C1. The van der Waals surface area contributed by atoms with Crippen LogP contribution in [-0.4, -0.2) is 41.1 Å². The third kappa shape index (κ3) is 3.22. The number of nitrogens with zero attached hydrogens (tertiary/aromatic N) is 4. The summed E-state index contributed by atoms with van der Waals surface area (Å²) >= 11 is 0. The number of carbonyl (C=O) groups is 1. The van der Waals surface area contributed by atoms with Gasteiger partial charge in [-0.3, -0.25) is 9.78 Å². The topological polar surface area (TPSA) is 68.2 Å². The highest BCUT2D eigenvalue weighted by molar-refractivity contribution is 5.73. The number of rotatable bonds is 3. The van der Waals surface area contributed by atoms with E-state index in [1.807, 2.05) is 26.0 Å². The van der Waals surface area contributed by atoms with Crippen molar-refractivity contribution in [1.82, 2.24) is 15.0 Å². The predicted molar refractivity (Wildman–Crippen MR) is 91.7 cm³/mol. The fourth-order valence-corrected chi connectivity index (χ4v) is 3.07. The highest BCUT2D eigenvalue weighted by Crippen LogP contribution is 2.28. The molecule has 0 aliphatic carbocycles. The Morgan fingerprint density at radius 2 is 2.17 bits per heavy atom. The van der Waals surface area contributed by atoms with Gasteiger partial charge >= 0.3 is 5.97 Å². The molecule has 1 fully saturated rings. The molecular formula is C18H22N4O2. The highest BCUT2D eigenvalue weighted by Gasteiger charge is 2.28. The van der Waals surface area contributed by atoms with Gasteiger partial charge in [0.2, 0.25) is 0 Å². The van der Waals surface area contributed by atoms with Crippen LogP contribution in [0.3, 0.4) is 0 Å². The van der Waals surface area contributed by atoms with Gasteiger partial charge in [0.05, 0.1) is 13.0 Å². The van der Waals surface area contributed by atoms with Gasteiger partial charge in [0.1, 0.15) is 5.82 Å². The molecule has 126 valence electrons. The fourth-order valence-electron chi connectivity index (χ4n) is 3.07. The van der Waals surface area contributed by atoms with Crippen molar-refractivity contribution in [1.29, 1.82) is 0 Å². The molecule has 0 saturated carbocycles. The maximum Gasteiger partial charge on any atom is 0.310 e. The van der Waals surface area contributed by atoms with E-state index >= 15 is 0 Å². The van der Waals surface area contributed by atoms with Crippen LogP contribution in [0.4, 0.5) is 5.82 Å². The lowest BCUT2D eigenvalue weighted by molar-refractivity contribution is -0.145. The van der Waals surface area contributed by atoms with E-state index in [0.717, 1.165) is 42.0 Å². The second-order valence-electron chi connectivity index (χ2n) is 6.13. The lowest BCUT2D eigenvalue weighted by Crippen LogP contribution is -2.40. The first-order valence-electron chi connectivity index (χ1n) is 8.18. The fraction of sp³-hybridized carbons (Fsp3) is 0.444. The summed E-state index contributed by atoms with van der Waals surface area (Å²) in [4.78, 5) is 27.6. The van der Waals surface area contributed by atoms with Crippen LogP contribution in [0.5, 0.6) is 0 Å². The minimum Gasteiger partial charge on any atom is -0.469 e. The summed E-state index contributed by atoms with van der Waals surface area (Å²) in [6.45, 7) is 5.54. The largest absolute Gasteiger partial charge is 0.469 e. The van der Waals surface area contributed by atoms with Crippen molar-refractivity contribution in [2.24, 2.45) is 5.92 Å². The van der Waals surface area contributed by atoms with Gasteiger partial charge in [0, 0.05) is 42.3 Å². The predicted octanol–water partition coefficient (Wildman–Crippen LogP) is 2.54. The summed E-state index contributed by atoms with van der Waals surface area (Å²) < 4.78 is 4.91. The molecule has 3 heterocycles. The molecule has 0 bridgehead atoms. The van der Waals surface area contributed by atoms with Crippen LogP contribution in [0.2, 0.25) is 0 Å². The summed E-state index contributed by atoms with van der Waals surface area (Å²) in [6, 6.07) is 3.83. The van der Waals surface area contributed by atoms with Gasteiger partial charge in [-0.2, -0.15) is 0 Å². The number of aromatic nitrogens is 3. The van der Waals surface area contributed by atoms with Crippen molar-refractivity contribution in [3.8, 4) is 11.4 Å². The van der Waals surface area contributed by atoms with E-state index in [1.54, 1.807) is 12.4 Å². The van der Waals surface area contributed by atoms with Crippen molar-refractivity contribution >= 4 is 11.8 Å². The Labute approximate surface area is 141 Å². The van der Waals surface area contributed by atoms with Gasteiger partial charge < -0.3 is 9.64 Å². The molecule has 6 heteroatoms. The number of methoxy groups -OCH3 is 1. The molecule has 2 aromatic rings. The monoisotopic (exact) mass is 326 g/mol. The molecule has 1 saturated heterocycles. The molecule has 6 nitrogen and oxygen atoms in total. The molecule has 3 rings (SSSR count). The average Bonchev–Trinajstić information content (AvgIpc) is 2.64. The van der Waals surface area contributed by atoms with Gasteiger partial charge in [-0.05, 0) is 38.8 Å². The smallest absolute Gasteiger partial charge is 0.310 e. The lowest BCUT2D eigenvalue weighted by Gasteiger charge is -2.33. The summed E-state index contributed by atoms with van der Waals surface area (Å²) in [5.74, 6) is 1.33. The van der Waals surface area contributed by atoms with E-state index in [0.29, 0.717) is 12.4 Å². The number of hydrogen-bond donors (Lipinski definition) is 0. The number of hydrogen-bond acceptors (Lipinski definition) is 6. The first-order chi connectivity index (χ1) is 11.6. The molecule has 0 unspecified atom stereocenters. The number of ether oxygens (including phenoxy) is 1. The van der Waals surface area contributed by atoms with Crippen molar-refractivity contribution in [3.05, 3.63) is 35.8 Å². The lowest BCUT2D eigenvalue weighted by atomic mass is 9.98. The number of piperidine rings is 1. The molecule has 1 aliphatic heterocycles. The molecular weight excluding hydrogens is 304 g/mol. The van der Waals surface area contributed by atoms with E-state index in [4.69, 9.17) is 9.72 Å². The summed E-state index contributed by atoms with van der Waals surface area (Å²) in [7, 11) is 1.45. The Morgan fingerprint density at radius 3 is 2.88 bits per heavy atom. The van der Waals surface area contributed by atoms with E-state index < -0.39 is 0 Å². The van der Waals surface area contributed by atoms with Gasteiger partial charge in [-0.1, -0.05) is 0 Å². The van der Waals surface area contributed by atoms with Crippen molar-refractivity contribution in [2.45, 2.75) is 26.7 Å². The van der Waals surface area contributed by atoms with Gasteiger partial charge in [-0.15, -0.1) is 0 Å². The van der Waals surface area contributed by atoms with E-state index in [2.05, 4.69) is 14.9 Å². The van der Waals surface area contributed by atoms with E-state index in [9.17, 15) is 4.79 Å². The first kappa shape index (κ1) is 16.4. The van der Waals surface area contributed by atoms with E-state index in [1.165, 1.54) is 7.11 Å². The average molecular weight is 326 g/mol. The summed E-state index contributed by atoms with van der Waals surface area (Å²) in [5.41, 5.74) is 2.88. The molecule has 1 atom stereocenters. The third-order valence-corrected chi connectivity index (χ3v) is 4.54. The van der Waals surface area contributed by atoms with Crippen molar-refractivity contribution < 1.29 is 9.53 Å². The van der Waals surface area contributed by atoms with Crippen molar-refractivity contribution in [3.63, 3.8) is 0 Å². The molecule has 0 spiro atoms. The molecule has 0 aromatic carbocycles. The Bertz CT molecular complexity index is 733. The zero-order valence-corrected chi connectivity index (χ0v) is 14.3. The Kier molecular flexibility index (Phi) is 4.74. The maximum absolute atomic E-state index is 11.9. The standard InChI is InChI=1S/C18H22N4O2/c1-12-13(2)20-16(14-6-4-8-19-10-14)21-17(12)22-9-5-7-15(11-22)18(23)24-3/h4,6,8,10,15H,5,7,9,11H2,1-3H3/t15-/m1/s1. The number of anilines is 1. The second-order valence-corrected chi connectivity index (χ2v) is 6.13. The van der Waals surface area contributed by atoms with Crippen LogP contribution in [0.1, 0.15) is 24.1 Å². The molecule has 0 radical (unpaired) electrons. The van der Waals surface area contributed by atoms with Crippen LogP contribution in [0, 0.1) is 19.8 Å².